The Hall–Kier alpha value is -0.650. The van der Waals surface area contributed by atoms with Gasteiger partial charge in [-0.3, -0.25) is 9.69 Å². The fourth-order valence-corrected chi connectivity index (χ4v) is 2.16. The van der Waals surface area contributed by atoms with Crippen LogP contribution in [0.15, 0.2) is 0 Å². The number of carbonyl (C=O) groups excluding carboxylic acids is 1. The second kappa shape index (κ2) is 6.33. The fourth-order valence-electron chi connectivity index (χ4n) is 2.16. The first-order valence-corrected chi connectivity index (χ1v) is 6.37. The van der Waals surface area contributed by atoms with E-state index < -0.39 is 5.54 Å². The Morgan fingerprint density at radius 1 is 1.65 bits per heavy atom. The molecule has 5 nitrogen and oxygen atoms in total. The summed E-state index contributed by atoms with van der Waals surface area (Å²) in [6.45, 7) is 10.2. The van der Waals surface area contributed by atoms with E-state index in [4.69, 9.17) is 10.5 Å². The van der Waals surface area contributed by atoms with Crippen molar-refractivity contribution in [2.45, 2.75) is 38.8 Å². The molecule has 0 saturated carbocycles. The maximum atomic E-state index is 11.5. The summed E-state index contributed by atoms with van der Waals surface area (Å²) in [6, 6.07) is 0. The Balaban J connectivity index is 2.43. The second-order valence-electron chi connectivity index (χ2n) is 4.96. The van der Waals surface area contributed by atoms with Crippen LogP contribution < -0.4 is 11.1 Å². The fraction of sp³-hybridized carbons (Fsp3) is 0.917. The molecule has 0 aliphatic carbocycles. The molecule has 17 heavy (non-hydrogen) atoms. The van der Waals surface area contributed by atoms with Gasteiger partial charge >= 0.3 is 0 Å². The van der Waals surface area contributed by atoms with Gasteiger partial charge in [-0.2, -0.15) is 0 Å². The van der Waals surface area contributed by atoms with Crippen LogP contribution >= 0.6 is 0 Å². The molecule has 100 valence electrons. The van der Waals surface area contributed by atoms with Gasteiger partial charge in [-0.15, -0.1) is 0 Å². The summed E-state index contributed by atoms with van der Waals surface area (Å²) in [5.74, 6) is -0.277. The highest BCUT2D eigenvalue weighted by Gasteiger charge is 2.30. The number of primary amides is 1. The van der Waals surface area contributed by atoms with Crippen molar-refractivity contribution in [2.24, 2.45) is 5.73 Å². The first kappa shape index (κ1) is 14.4. The number of morpholine rings is 1. The van der Waals surface area contributed by atoms with Gasteiger partial charge in [0.05, 0.1) is 18.2 Å². The second-order valence-corrected chi connectivity index (χ2v) is 4.96. The largest absolute Gasteiger partial charge is 0.376 e. The van der Waals surface area contributed by atoms with Crippen LogP contribution in [-0.2, 0) is 9.53 Å². The van der Waals surface area contributed by atoms with Gasteiger partial charge in [-0.1, -0.05) is 6.92 Å². The number of nitrogens with two attached hydrogens (primary N) is 1. The SMILES string of the molecule is CCNC(C)(CCN1CCOC(C)C1)C(N)=O. The summed E-state index contributed by atoms with van der Waals surface area (Å²) in [6.07, 6.45) is 1.02. The van der Waals surface area contributed by atoms with Gasteiger partial charge < -0.3 is 15.8 Å². The molecule has 1 saturated heterocycles. The highest BCUT2D eigenvalue weighted by atomic mass is 16.5. The lowest BCUT2D eigenvalue weighted by Crippen LogP contribution is -2.55. The lowest BCUT2D eigenvalue weighted by molar-refractivity contribution is -0.124. The number of nitrogens with zero attached hydrogens (tertiary/aromatic N) is 1. The molecule has 0 aromatic rings. The highest BCUT2D eigenvalue weighted by molar-refractivity contribution is 5.84. The van der Waals surface area contributed by atoms with Crippen LogP contribution in [0.25, 0.3) is 0 Å². The minimum Gasteiger partial charge on any atom is -0.376 e. The molecule has 0 aromatic heterocycles. The lowest BCUT2D eigenvalue weighted by atomic mass is 9.96. The molecule has 1 aliphatic rings. The number of hydrogen-bond acceptors (Lipinski definition) is 4. The van der Waals surface area contributed by atoms with E-state index in [1.807, 2.05) is 13.8 Å². The summed E-state index contributed by atoms with van der Waals surface area (Å²) in [5, 5.41) is 3.18. The molecular weight excluding hydrogens is 218 g/mol. The zero-order valence-corrected chi connectivity index (χ0v) is 11.2. The third-order valence-corrected chi connectivity index (χ3v) is 3.36. The van der Waals surface area contributed by atoms with Crippen molar-refractivity contribution in [3.8, 4) is 0 Å². The van der Waals surface area contributed by atoms with Gasteiger partial charge in [0, 0.05) is 19.6 Å². The average Bonchev–Trinajstić information content (AvgIpc) is 2.27. The van der Waals surface area contributed by atoms with E-state index in [0.717, 1.165) is 39.2 Å². The highest BCUT2D eigenvalue weighted by Crippen LogP contribution is 2.12. The molecular formula is C12H25N3O2. The molecule has 1 rings (SSSR count). The minimum atomic E-state index is -0.601. The molecule has 2 atom stereocenters. The molecule has 5 heteroatoms. The van der Waals surface area contributed by atoms with Gasteiger partial charge in [0.25, 0.3) is 0 Å². The molecule has 1 heterocycles. The molecule has 0 radical (unpaired) electrons. The first-order chi connectivity index (χ1) is 7.98. The van der Waals surface area contributed by atoms with Crippen LogP contribution in [0.4, 0.5) is 0 Å². The summed E-state index contributed by atoms with van der Waals surface area (Å²) >= 11 is 0. The van der Waals surface area contributed by atoms with Crippen LogP contribution in [0.3, 0.4) is 0 Å². The number of carbonyl (C=O) groups is 1. The van der Waals surface area contributed by atoms with Gasteiger partial charge in [0.1, 0.15) is 0 Å². The van der Waals surface area contributed by atoms with E-state index in [1.165, 1.54) is 0 Å². The van der Waals surface area contributed by atoms with Crippen molar-refractivity contribution in [3.63, 3.8) is 0 Å². The number of hydrogen-bond donors (Lipinski definition) is 2. The molecule has 1 fully saturated rings. The molecule has 1 amide bonds. The van der Waals surface area contributed by atoms with Crippen LogP contribution in [-0.4, -0.2) is 55.2 Å². The Kier molecular flexibility index (Phi) is 5.36. The van der Waals surface area contributed by atoms with Crippen molar-refractivity contribution < 1.29 is 9.53 Å². The van der Waals surface area contributed by atoms with Gasteiger partial charge in [-0.25, -0.2) is 0 Å². The van der Waals surface area contributed by atoms with Crippen molar-refractivity contribution in [3.05, 3.63) is 0 Å². The molecule has 3 N–H and O–H groups in total. The topological polar surface area (TPSA) is 67.6 Å². The average molecular weight is 243 g/mol. The maximum absolute atomic E-state index is 11.5. The molecule has 2 unspecified atom stereocenters. The predicted molar refractivity (Wildman–Crippen MR) is 67.7 cm³/mol. The van der Waals surface area contributed by atoms with Gasteiger partial charge in [0.15, 0.2) is 0 Å². The molecule has 1 aliphatic heterocycles. The summed E-state index contributed by atoms with van der Waals surface area (Å²) in [4.78, 5) is 13.8. The summed E-state index contributed by atoms with van der Waals surface area (Å²) in [7, 11) is 0. The van der Waals surface area contributed by atoms with Crippen molar-refractivity contribution in [1.82, 2.24) is 10.2 Å². The first-order valence-electron chi connectivity index (χ1n) is 6.37. The van der Waals surface area contributed by atoms with E-state index >= 15 is 0 Å². The van der Waals surface area contributed by atoms with E-state index in [0.29, 0.717) is 0 Å². The minimum absolute atomic E-state index is 0.277. The Bertz CT molecular complexity index is 260. The normalized spacial score (nSPS) is 25.5. The zero-order chi connectivity index (χ0) is 12.9. The third kappa shape index (κ3) is 4.26. The number of ether oxygens (including phenoxy) is 1. The van der Waals surface area contributed by atoms with E-state index in [1.54, 1.807) is 0 Å². The lowest BCUT2D eigenvalue weighted by Gasteiger charge is -2.34. The molecule has 0 aromatic carbocycles. The smallest absolute Gasteiger partial charge is 0.237 e. The Morgan fingerprint density at radius 2 is 2.35 bits per heavy atom. The number of nitrogens with one attached hydrogen (secondary N) is 1. The van der Waals surface area contributed by atoms with Crippen LogP contribution in [0.1, 0.15) is 27.2 Å². The summed E-state index contributed by atoms with van der Waals surface area (Å²) < 4.78 is 5.49. The standard InChI is InChI=1S/C12H25N3O2/c1-4-14-12(3,11(13)16)5-6-15-7-8-17-10(2)9-15/h10,14H,4-9H2,1-3H3,(H2,13,16). The quantitative estimate of drug-likeness (QED) is 0.686. The summed E-state index contributed by atoms with van der Waals surface area (Å²) in [5.41, 5.74) is 4.85. The van der Waals surface area contributed by atoms with Gasteiger partial charge in [-0.05, 0) is 26.8 Å². The Morgan fingerprint density at radius 3 is 2.88 bits per heavy atom. The van der Waals surface area contributed by atoms with Crippen molar-refractivity contribution in [1.29, 1.82) is 0 Å². The number of amides is 1. The van der Waals surface area contributed by atoms with E-state index in [-0.39, 0.29) is 12.0 Å². The van der Waals surface area contributed by atoms with E-state index in [9.17, 15) is 4.79 Å². The number of rotatable bonds is 6. The predicted octanol–water partition coefficient (Wildman–Crippen LogP) is -0.0493. The third-order valence-electron chi connectivity index (χ3n) is 3.36. The van der Waals surface area contributed by atoms with E-state index in [2.05, 4.69) is 17.1 Å². The van der Waals surface area contributed by atoms with Gasteiger partial charge in [0.2, 0.25) is 5.91 Å². The van der Waals surface area contributed by atoms with Crippen molar-refractivity contribution in [2.75, 3.05) is 32.8 Å². The van der Waals surface area contributed by atoms with Crippen LogP contribution in [0.5, 0.6) is 0 Å². The van der Waals surface area contributed by atoms with Crippen LogP contribution in [0, 0.1) is 0 Å². The monoisotopic (exact) mass is 243 g/mol. The Labute approximate surface area is 104 Å². The maximum Gasteiger partial charge on any atom is 0.237 e. The molecule has 0 bridgehead atoms. The zero-order valence-electron chi connectivity index (χ0n) is 11.2. The molecule has 0 spiro atoms. The number of likely N-dealkylation sites (N-methyl/N-ethyl adjacent to an activating group) is 1. The van der Waals surface area contributed by atoms with Crippen molar-refractivity contribution >= 4 is 5.91 Å². The van der Waals surface area contributed by atoms with Crippen LogP contribution in [0.2, 0.25) is 0 Å².